The van der Waals surface area contributed by atoms with E-state index in [0.29, 0.717) is 11.0 Å². The van der Waals surface area contributed by atoms with Gasteiger partial charge in [0.1, 0.15) is 11.5 Å². The number of hydrogen-bond donors (Lipinski definition) is 0. The van der Waals surface area contributed by atoms with Crippen molar-refractivity contribution in [1.82, 2.24) is 14.3 Å². The van der Waals surface area contributed by atoms with Crippen LogP contribution >= 0.6 is 23.9 Å². The normalized spacial score (nSPS) is 10.7. The lowest BCUT2D eigenvalue weighted by Gasteiger charge is -2.16. The van der Waals surface area contributed by atoms with Gasteiger partial charge in [-0.05, 0) is 68.8 Å². The highest BCUT2D eigenvalue weighted by Crippen LogP contribution is 2.31. The molecular formula is C22H28ClN3O2S. The van der Waals surface area contributed by atoms with Crippen molar-refractivity contribution in [2.24, 2.45) is 0 Å². The van der Waals surface area contributed by atoms with Crippen molar-refractivity contribution in [1.29, 1.82) is 0 Å². The van der Waals surface area contributed by atoms with Crippen LogP contribution < -0.4 is 9.47 Å². The Labute approximate surface area is 183 Å². The summed E-state index contributed by atoms with van der Waals surface area (Å²) in [6.07, 6.45) is 1.04. The molecule has 2 aromatic carbocycles. The van der Waals surface area contributed by atoms with Gasteiger partial charge in [-0.25, -0.2) is 0 Å². The van der Waals surface area contributed by atoms with Crippen LogP contribution in [-0.2, 0) is 6.42 Å². The molecule has 0 bridgehead atoms. The monoisotopic (exact) mass is 433 g/mol. The summed E-state index contributed by atoms with van der Waals surface area (Å²) in [4.78, 5) is 6.86. The molecule has 0 aliphatic rings. The second kappa shape index (κ2) is 10.6. The van der Waals surface area contributed by atoms with Gasteiger partial charge in [-0.2, -0.15) is 9.36 Å². The fraction of sp³-hybridized carbons (Fsp3) is 0.364. The summed E-state index contributed by atoms with van der Waals surface area (Å²) in [6, 6.07) is 12.0. The van der Waals surface area contributed by atoms with Crippen LogP contribution in [0.2, 0.25) is 0 Å². The average molecular weight is 434 g/mol. The fourth-order valence-corrected chi connectivity index (χ4v) is 3.49. The average Bonchev–Trinajstić information content (AvgIpc) is 3.17. The molecule has 5 nitrogen and oxygen atoms in total. The molecule has 0 amide bonds. The van der Waals surface area contributed by atoms with E-state index in [2.05, 4.69) is 54.2 Å². The van der Waals surface area contributed by atoms with Crippen molar-refractivity contribution in [3.63, 3.8) is 0 Å². The minimum Gasteiger partial charge on any atom is -0.497 e. The molecule has 0 spiro atoms. The van der Waals surface area contributed by atoms with Gasteiger partial charge in [0.05, 0.1) is 7.11 Å². The summed E-state index contributed by atoms with van der Waals surface area (Å²) in [6.45, 7) is 8.50. The number of halogens is 1. The number of benzene rings is 2. The first-order valence-corrected chi connectivity index (χ1v) is 10.2. The topological polar surface area (TPSA) is 47.5 Å². The lowest BCUT2D eigenvalue weighted by molar-refractivity contribution is 0.357. The van der Waals surface area contributed by atoms with Gasteiger partial charge in [0.15, 0.2) is 5.82 Å². The van der Waals surface area contributed by atoms with Gasteiger partial charge in [0.25, 0.3) is 5.19 Å². The Morgan fingerprint density at radius 3 is 2.62 bits per heavy atom. The van der Waals surface area contributed by atoms with Crippen molar-refractivity contribution < 1.29 is 9.47 Å². The Hall–Kier alpha value is -2.15. The van der Waals surface area contributed by atoms with Gasteiger partial charge in [0.2, 0.25) is 0 Å². The molecule has 0 saturated carbocycles. The minimum absolute atomic E-state index is 0. The van der Waals surface area contributed by atoms with Crippen LogP contribution in [0.4, 0.5) is 0 Å². The van der Waals surface area contributed by atoms with Crippen molar-refractivity contribution in [2.45, 2.75) is 27.2 Å². The van der Waals surface area contributed by atoms with Gasteiger partial charge in [-0.1, -0.05) is 25.1 Å². The third-order valence-electron chi connectivity index (χ3n) is 4.87. The molecule has 0 radical (unpaired) electrons. The van der Waals surface area contributed by atoms with Gasteiger partial charge >= 0.3 is 0 Å². The zero-order valence-electron chi connectivity index (χ0n) is 17.6. The molecule has 0 unspecified atom stereocenters. The van der Waals surface area contributed by atoms with E-state index in [1.807, 2.05) is 24.3 Å². The first-order chi connectivity index (χ1) is 13.5. The molecule has 156 valence electrons. The van der Waals surface area contributed by atoms with Crippen LogP contribution in [-0.4, -0.2) is 41.5 Å². The van der Waals surface area contributed by atoms with Gasteiger partial charge in [-0.15, -0.1) is 12.4 Å². The maximum Gasteiger partial charge on any atom is 0.299 e. The predicted octanol–water partition coefficient (Wildman–Crippen LogP) is 5.54. The number of aryl methyl sites for hydroxylation is 2. The summed E-state index contributed by atoms with van der Waals surface area (Å²) in [7, 11) is 3.80. The molecule has 0 N–H and O–H groups in total. The van der Waals surface area contributed by atoms with Crippen molar-refractivity contribution in [3.05, 3.63) is 53.1 Å². The summed E-state index contributed by atoms with van der Waals surface area (Å²) in [5.74, 6) is 2.26. The van der Waals surface area contributed by atoms with Crippen LogP contribution in [0, 0.1) is 13.8 Å². The number of likely N-dealkylation sites (N-methyl/N-ethyl adjacent to an activating group) is 1. The highest BCUT2D eigenvalue weighted by Gasteiger charge is 2.12. The van der Waals surface area contributed by atoms with Crippen LogP contribution in [0.15, 0.2) is 36.4 Å². The molecule has 0 aliphatic heterocycles. The molecule has 0 fully saturated rings. The molecule has 3 rings (SSSR count). The Kier molecular flexibility index (Phi) is 8.44. The SMILES string of the molecule is CCN(C)CCc1cc(C)c(Oc2nc(-c3cccc(OC)c3)ns2)cc1C.Cl. The molecule has 0 saturated heterocycles. The van der Waals surface area contributed by atoms with Gasteiger partial charge < -0.3 is 14.4 Å². The number of hydrogen-bond acceptors (Lipinski definition) is 6. The summed E-state index contributed by atoms with van der Waals surface area (Å²) < 4.78 is 15.8. The van der Waals surface area contributed by atoms with E-state index in [9.17, 15) is 0 Å². The van der Waals surface area contributed by atoms with E-state index >= 15 is 0 Å². The van der Waals surface area contributed by atoms with Crippen molar-refractivity contribution in [2.75, 3.05) is 27.2 Å². The quantitative estimate of drug-likeness (QED) is 0.466. The number of nitrogens with zero attached hydrogens (tertiary/aromatic N) is 3. The third kappa shape index (κ3) is 5.92. The standard InChI is InChI=1S/C22H27N3O2S.ClH/c1-6-25(4)11-10-17-12-16(3)20(13-15(17)2)27-22-23-21(24-28-22)18-8-7-9-19(14-18)26-5;/h7-9,12-14H,6,10-11H2,1-5H3;1H. The smallest absolute Gasteiger partial charge is 0.299 e. The van der Waals surface area contributed by atoms with Crippen LogP contribution in [0.3, 0.4) is 0 Å². The largest absolute Gasteiger partial charge is 0.497 e. The molecule has 0 atom stereocenters. The predicted molar refractivity (Wildman–Crippen MR) is 122 cm³/mol. The van der Waals surface area contributed by atoms with Gasteiger partial charge in [0, 0.05) is 23.6 Å². The van der Waals surface area contributed by atoms with E-state index in [-0.39, 0.29) is 12.4 Å². The number of aromatic nitrogens is 2. The maximum atomic E-state index is 6.05. The zero-order valence-corrected chi connectivity index (χ0v) is 19.2. The molecule has 7 heteroatoms. The molecule has 0 aliphatic carbocycles. The second-order valence-electron chi connectivity index (χ2n) is 6.91. The lowest BCUT2D eigenvalue weighted by atomic mass is 10.0. The van der Waals surface area contributed by atoms with E-state index in [0.717, 1.165) is 42.1 Å². The molecule has 1 aromatic heterocycles. The van der Waals surface area contributed by atoms with E-state index in [1.54, 1.807) is 7.11 Å². The lowest BCUT2D eigenvalue weighted by Crippen LogP contribution is -2.20. The first kappa shape index (κ1) is 23.1. The van der Waals surface area contributed by atoms with E-state index in [1.165, 1.54) is 22.7 Å². The highest BCUT2D eigenvalue weighted by molar-refractivity contribution is 7.07. The minimum atomic E-state index is 0. The highest BCUT2D eigenvalue weighted by atomic mass is 35.5. The molecule has 29 heavy (non-hydrogen) atoms. The molecule has 3 aromatic rings. The van der Waals surface area contributed by atoms with E-state index in [4.69, 9.17) is 9.47 Å². The Morgan fingerprint density at radius 2 is 1.90 bits per heavy atom. The summed E-state index contributed by atoms with van der Waals surface area (Å²) >= 11 is 1.26. The summed E-state index contributed by atoms with van der Waals surface area (Å²) in [5.41, 5.74) is 4.62. The van der Waals surface area contributed by atoms with Crippen LogP contribution in [0.1, 0.15) is 23.6 Å². The number of rotatable bonds is 8. The van der Waals surface area contributed by atoms with Crippen LogP contribution in [0.5, 0.6) is 16.7 Å². The maximum absolute atomic E-state index is 6.05. The first-order valence-electron chi connectivity index (χ1n) is 9.44. The van der Waals surface area contributed by atoms with Crippen LogP contribution in [0.25, 0.3) is 11.4 Å². The Bertz CT molecular complexity index is 946. The molecular weight excluding hydrogens is 406 g/mol. The number of methoxy groups -OCH3 is 1. The second-order valence-corrected chi connectivity index (χ2v) is 7.62. The van der Waals surface area contributed by atoms with Gasteiger partial charge in [-0.3, -0.25) is 0 Å². The van der Waals surface area contributed by atoms with Crippen molar-refractivity contribution in [3.8, 4) is 28.1 Å². The van der Waals surface area contributed by atoms with E-state index < -0.39 is 0 Å². The zero-order chi connectivity index (χ0) is 20.1. The number of ether oxygens (including phenoxy) is 2. The third-order valence-corrected chi connectivity index (χ3v) is 5.46. The summed E-state index contributed by atoms with van der Waals surface area (Å²) in [5, 5.41) is 0.541. The fourth-order valence-electron chi connectivity index (χ4n) is 2.92. The Morgan fingerprint density at radius 1 is 1.10 bits per heavy atom. The Balaban J connectivity index is 0.00000300. The van der Waals surface area contributed by atoms with Crippen molar-refractivity contribution >= 4 is 23.9 Å². The molecule has 1 heterocycles.